The third kappa shape index (κ3) is 7.06. The van der Waals surface area contributed by atoms with Crippen molar-refractivity contribution in [1.29, 1.82) is 0 Å². The summed E-state index contributed by atoms with van der Waals surface area (Å²) in [5.74, 6) is -0.120. The minimum absolute atomic E-state index is 0.0681. The molecule has 1 amide bonds. The van der Waals surface area contributed by atoms with Crippen molar-refractivity contribution in [2.24, 2.45) is 5.41 Å². The number of carbonyl (C=O) groups is 3. The van der Waals surface area contributed by atoms with E-state index in [0.29, 0.717) is 31.2 Å². The first kappa shape index (κ1) is 28.1. The van der Waals surface area contributed by atoms with Crippen molar-refractivity contribution >= 4 is 29.0 Å². The highest BCUT2D eigenvalue weighted by molar-refractivity contribution is 7.14. The van der Waals surface area contributed by atoms with E-state index < -0.39 is 0 Å². The lowest BCUT2D eigenvalue weighted by atomic mass is 9.74. The Kier molecular flexibility index (Phi) is 9.51. The Hall–Kier alpha value is -2.47. The number of ketones is 1. The van der Waals surface area contributed by atoms with Crippen LogP contribution in [0.1, 0.15) is 94.4 Å². The van der Waals surface area contributed by atoms with E-state index >= 15 is 0 Å². The Labute approximate surface area is 220 Å². The Morgan fingerprint density at radius 1 is 1.03 bits per heavy atom. The molecule has 3 rings (SSSR count). The first-order valence-electron chi connectivity index (χ1n) is 13.1. The second-order valence-electron chi connectivity index (χ2n) is 10.8. The highest BCUT2D eigenvalue weighted by Gasteiger charge is 2.31. The minimum Gasteiger partial charge on any atom is -0.469 e. The van der Waals surface area contributed by atoms with E-state index in [0.717, 1.165) is 48.1 Å². The molecular weight excluding hydrogens is 470 g/mol. The summed E-state index contributed by atoms with van der Waals surface area (Å²) in [5, 5.41) is 2.77. The number of benzene rings is 1. The Morgan fingerprint density at radius 2 is 1.72 bits per heavy atom. The van der Waals surface area contributed by atoms with Crippen LogP contribution in [0.3, 0.4) is 0 Å². The Balaban J connectivity index is 1.59. The lowest BCUT2D eigenvalue weighted by Crippen LogP contribution is -2.26. The lowest BCUT2D eigenvalue weighted by Gasteiger charge is -2.30. The summed E-state index contributed by atoms with van der Waals surface area (Å²) >= 11 is 1.73. The number of ether oxygens (including phenoxy) is 1. The van der Waals surface area contributed by atoms with Crippen LogP contribution in [-0.4, -0.2) is 31.3 Å². The number of Topliss-reactive ketones (excluding diaryl/α,β-unsaturated/α-hetero) is 1. The first-order chi connectivity index (χ1) is 17.0. The molecule has 0 atom stereocenters. The van der Waals surface area contributed by atoms with Gasteiger partial charge in [0, 0.05) is 24.3 Å². The lowest BCUT2D eigenvalue weighted by molar-refractivity contribution is -0.140. The molecule has 0 saturated carbocycles. The molecule has 1 heterocycles. The summed E-state index contributed by atoms with van der Waals surface area (Å²) in [4.78, 5) is 39.0. The molecule has 1 N–H and O–H groups in total. The zero-order valence-electron chi connectivity index (χ0n) is 22.8. The van der Waals surface area contributed by atoms with Crippen LogP contribution in [0.15, 0.2) is 12.1 Å². The third-order valence-corrected chi connectivity index (χ3v) is 8.82. The quantitative estimate of drug-likeness (QED) is 0.303. The van der Waals surface area contributed by atoms with Gasteiger partial charge >= 0.3 is 5.97 Å². The summed E-state index contributed by atoms with van der Waals surface area (Å²) in [7, 11) is 1.34. The zero-order valence-corrected chi connectivity index (χ0v) is 23.6. The van der Waals surface area contributed by atoms with Crippen molar-refractivity contribution in [3.05, 3.63) is 55.3 Å². The van der Waals surface area contributed by atoms with Crippen LogP contribution in [0, 0.1) is 19.3 Å². The van der Waals surface area contributed by atoms with E-state index in [1.54, 1.807) is 11.3 Å². The standard InChI is InChI=1S/C30H41NO4S/c1-7-26-24-18-30(4,5)14-12-23(24)29(36-26)25(32)10-8-21-16-19(2)22(20(3)17-21)9-11-27(33)31-15-13-28(34)35-6/h16-17H,7-15,18H2,1-6H3,(H,31,33). The Morgan fingerprint density at radius 3 is 2.36 bits per heavy atom. The fourth-order valence-corrected chi connectivity index (χ4v) is 6.56. The van der Waals surface area contributed by atoms with Crippen molar-refractivity contribution in [2.75, 3.05) is 13.7 Å². The fraction of sp³-hybridized carbons (Fsp3) is 0.567. The normalized spacial score (nSPS) is 14.3. The first-order valence-corrected chi connectivity index (χ1v) is 14.0. The number of methoxy groups -OCH3 is 1. The summed E-state index contributed by atoms with van der Waals surface area (Å²) < 4.78 is 4.59. The molecule has 1 aliphatic rings. The summed E-state index contributed by atoms with van der Waals surface area (Å²) in [6.45, 7) is 11.3. The van der Waals surface area contributed by atoms with Crippen LogP contribution >= 0.6 is 11.3 Å². The van der Waals surface area contributed by atoms with Gasteiger partial charge in [0.15, 0.2) is 5.78 Å². The molecule has 196 valence electrons. The molecule has 1 aromatic heterocycles. The van der Waals surface area contributed by atoms with Crippen molar-refractivity contribution in [2.45, 2.75) is 92.4 Å². The maximum Gasteiger partial charge on any atom is 0.307 e. The third-order valence-electron chi connectivity index (χ3n) is 7.36. The van der Waals surface area contributed by atoms with Crippen LogP contribution in [0.2, 0.25) is 0 Å². The number of hydrogen-bond acceptors (Lipinski definition) is 5. The Bertz CT molecular complexity index is 1110. The molecule has 0 radical (unpaired) electrons. The van der Waals surface area contributed by atoms with Crippen LogP contribution < -0.4 is 5.32 Å². The molecular formula is C30H41NO4S. The molecule has 5 nitrogen and oxygen atoms in total. The van der Waals surface area contributed by atoms with E-state index in [2.05, 4.69) is 56.8 Å². The van der Waals surface area contributed by atoms with Crippen molar-refractivity contribution in [3.8, 4) is 0 Å². The number of carbonyl (C=O) groups excluding carboxylic acids is 3. The highest BCUT2D eigenvalue weighted by Crippen LogP contribution is 2.42. The molecule has 0 unspecified atom stereocenters. The van der Waals surface area contributed by atoms with Gasteiger partial charge in [0.05, 0.1) is 18.4 Å². The number of nitrogens with one attached hydrogen (secondary N) is 1. The van der Waals surface area contributed by atoms with Gasteiger partial charge in [-0.15, -0.1) is 11.3 Å². The van der Waals surface area contributed by atoms with Crippen LogP contribution in [0.25, 0.3) is 0 Å². The van der Waals surface area contributed by atoms with Gasteiger partial charge in [0.1, 0.15) is 0 Å². The predicted octanol–water partition coefficient (Wildman–Crippen LogP) is 5.87. The number of thiophene rings is 1. The van der Waals surface area contributed by atoms with Gasteiger partial charge in [-0.3, -0.25) is 14.4 Å². The monoisotopic (exact) mass is 511 g/mol. The van der Waals surface area contributed by atoms with E-state index in [9.17, 15) is 14.4 Å². The molecule has 0 aliphatic heterocycles. The number of esters is 1. The minimum atomic E-state index is -0.329. The molecule has 0 bridgehead atoms. The maximum atomic E-state index is 13.3. The van der Waals surface area contributed by atoms with E-state index in [1.165, 1.54) is 34.2 Å². The smallest absolute Gasteiger partial charge is 0.307 e. The van der Waals surface area contributed by atoms with E-state index in [1.807, 2.05) is 0 Å². The van der Waals surface area contributed by atoms with Crippen LogP contribution in [0.4, 0.5) is 0 Å². The number of rotatable bonds is 11. The molecule has 0 spiro atoms. The van der Waals surface area contributed by atoms with Gasteiger partial charge in [0.25, 0.3) is 0 Å². The molecule has 1 aliphatic carbocycles. The molecule has 6 heteroatoms. The maximum absolute atomic E-state index is 13.3. The average molecular weight is 512 g/mol. The van der Waals surface area contributed by atoms with Crippen molar-refractivity contribution in [1.82, 2.24) is 5.32 Å². The van der Waals surface area contributed by atoms with Crippen molar-refractivity contribution in [3.63, 3.8) is 0 Å². The summed E-state index contributed by atoms with van der Waals surface area (Å²) in [5.41, 5.74) is 7.76. The molecule has 0 saturated heterocycles. The van der Waals surface area contributed by atoms with Crippen LogP contribution in [-0.2, 0) is 46.4 Å². The predicted molar refractivity (Wildman–Crippen MR) is 146 cm³/mol. The van der Waals surface area contributed by atoms with Gasteiger partial charge in [0.2, 0.25) is 5.91 Å². The van der Waals surface area contributed by atoms with E-state index in [-0.39, 0.29) is 24.1 Å². The topological polar surface area (TPSA) is 72.5 Å². The largest absolute Gasteiger partial charge is 0.469 e. The average Bonchev–Trinajstić information content (AvgIpc) is 3.18. The van der Waals surface area contributed by atoms with Gasteiger partial charge in [-0.2, -0.15) is 0 Å². The zero-order chi connectivity index (χ0) is 26.5. The summed E-state index contributed by atoms with van der Waals surface area (Å²) in [6.07, 6.45) is 6.71. The number of amides is 1. The summed E-state index contributed by atoms with van der Waals surface area (Å²) in [6, 6.07) is 4.32. The second-order valence-corrected chi connectivity index (χ2v) is 11.9. The van der Waals surface area contributed by atoms with Gasteiger partial charge < -0.3 is 10.1 Å². The number of fused-ring (bicyclic) bond motifs is 1. The van der Waals surface area contributed by atoms with Gasteiger partial charge in [-0.1, -0.05) is 32.9 Å². The molecule has 2 aromatic rings. The number of aryl methyl sites for hydroxylation is 4. The molecule has 1 aromatic carbocycles. The molecule has 0 fully saturated rings. The SMILES string of the molecule is CCc1sc(C(=O)CCc2cc(C)c(CCC(=O)NCCC(=O)OC)c(C)c2)c2c1CC(C)(C)CC2. The van der Waals surface area contributed by atoms with E-state index in [4.69, 9.17) is 0 Å². The van der Waals surface area contributed by atoms with Gasteiger partial charge in [-0.25, -0.2) is 0 Å². The fourth-order valence-electron chi connectivity index (χ4n) is 5.29. The van der Waals surface area contributed by atoms with Gasteiger partial charge in [-0.05, 0) is 91.2 Å². The van der Waals surface area contributed by atoms with Crippen molar-refractivity contribution < 1.29 is 19.1 Å². The number of hydrogen-bond donors (Lipinski definition) is 1. The highest BCUT2D eigenvalue weighted by atomic mass is 32.1. The van der Waals surface area contributed by atoms with Crippen LogP contribution in [0.5, 0.6) is 0 Å². The second kappa shape index (κ2) is 12.2. The molecule has 36 heavy (non-hydrogen) atoms.